The lowest BCUT2D eigenvalue weighted by atomic mass is 10.1. The van der Waals surface area contributed by atoms with Crippen molar-refractivity contribution in [2.45, 2.75) is 0 Å². The number of rotatable bonds is 3. The molecule has 108 valence electrons. The number of nitrogens with zero attached hydrogens (tertiary/aromatic N) is 1. The van der Waals surface area contributed by atoms with E-state index in [1.54, 1.807) is 13.4 Å². The first-order chi connectivity index (χ1) is 10.8. The summed E-state index contributed by atoms with van der Waals surface area (Å²) in [6.45, 7) is 0. The fourth-order valence-electron chi connectivity index (χ4n) is 2.62. The van der Waals surface area contributed by atoms with Crippen molar-refractivity contribution in [1.82, 2.24) is 10.2 Å². The maximum absolute atomic E-state index is 5.42. The molecule has 4 rings (SSSR count). The van der Waals surface area contributed by atoms with E-state index in [-0.39, 0.29) is 0 Å². The number of fused-ring (bicyclic) bond motifs is 2. The summed E-state index contributed by atoms with van der Waals surface area (Å²) in [5.74, 6) is 0.816. The minimum Gasteiger partial charge on any atom is -0.496 e. The summed E-state index contributed by atoms with van der Waals surface area (Å²) >= 11 is 0. The first-order valence-corrected chi connectivity index (χ1v) is 7.01. The zero-order valence-electron chi connectivity index (χ0n) is 12.0. The van der Waals surface area contributed by atoms with Gasteiger partial charge < -0.3 is 9.15 Å². The quantitative estimate of drug-likeness (QED) is 0.605. The first-order valence-electron chi connectivity index (χ1n) is 7.01. The van der Waals surface area contributed by atoms with Crippen LogP contribution in [0.5, 0.6) is 5.75 Å². The van der Waals surface area contributed by atoms with Gasteiger partial charge >= 0.3 is 0 Å². The van der Waals surface area contributed by atoms with Gasteiger partial charge in [-0.05, 0) is 42.0 Å². The second-order valence-corrected chi connectivity index (χ2v) is 5.04. The van der Waals surface area contributed by atoms with Crippen LogP contribution in [0.2, 0.25) is 0 Å². The van der Waals surface area contributed by atoms with E-state index in [9.17, 15) is 0 Å². The molecule has 2 aromatic heterocycles. The summed E-state index contributed by atoms with van der Waals surface area (Å²) in [5, 5.41) is 9.47. The number of hydrogen-bond donors (Lipinski definition) is 1. The molecule has 0 amide bonds. The van der Waals surface area contributed by atoms with Crippen LogP contribution in [0, 0.1) is 0 Å². The molecule has 0 fully saturated rings. The lowest BCUT2D eigenvalue weighted by Gasteiger charge is -2.01. The van der Waals surface area contributed by atoms with Crippen LogP contribution >= 0.6 is 0 Å². The van der Waals surface area contributed by atoms with Crippen molar-refractivity contribution in [1.29, 1.82) is 0 Å². The molecule has 0 bridgehead atoms. The summed E-state index contributed by atoms with van der Waals surface area (Å²) in [4.78, 5) is 0. The first kappa shape index (κ1) is 12.7. The Hall–Kier alpha value is -3.01. The molecule has 0 spiro atoms. The third kappa shape index (κ3) is 2.05. The van der Waals surface area contributed by atoms with Gasteiger partial charge in [0.15, 0.2) is 0 Å². The number of methoxy groups -OCH3 is 1. The summed E-state index contributed by atoms with van der Waals surface area (Å²) in [6.07, 6.45) is 5.72. The Labute approximate surface area is 127 Å². The zero-order valence-corrected chi connectivity index (χ0v) is 12.0. The normalized spacial score (nSPS) is 11.7. The van der Waals surface area contributed by atoms with Gasteiger partial charge in [0.25, 0.3) is 0 Å². The Morgan fingerprint density at radius 2 is 2.09 bits per heavy atom. The topological polar surface area (TPSA) is 51.0 Å². The molecule has 4 heteroatoms. The number of benzene rings is 2. The van der Waals surface area contributed by atoms with Gasteiger partial charge in [0.05, 0.1) is 30.0 Å². The van der Waals surface area contributed by atoms with Crippen molar-refractivity contribution >= 4 is 34.0 Å². The smallest absolute Gasteiger partial charge is 0.133 e. The number of aromatic nitrogens is 2. The number of hydrogen-bond acceptors (Lipinski definition) is 3. The van der Waals surface area contributed by atoms with E-state index >= 15 is 0 Å². The fraction of sp³-hybridized carbons (Fsp3) is 0.0556. The second-order valence-electron chi connectivity index (χ2n) is 5.04. The molecule has 22 heavy (non-hydrogen) atoms. The molecule has 4 aromatic rings. The van der Waals surface area contributed by atoms with Gasteiger partial charge in [-0.3, -0.25) is 5.10 Å². The lowest BCUT2D eigenvalue weighted by molar-refractivity contribution is 0.420. The summed E-state index contributed by atoms with van der Waals surface area (Å²) in [7, 11) is 1.67. The molecule has 0 radical (unpaired) electrons. The van der Waals surface area contributed by atoms with Crippen molar-refractivity contribution in [3.05, 3.63) is 60.0 Å². The van der Waals surface area contributed by atoms with Crippen molar-refractivity contribution in [3.8, 4) is 5.75 Å². The van der Waals surface area contributed by atoms with E-state index in [1.165, 1.54) is 0 Å². The van der Waals surface area contributed by atoms with Crippen LogP contribution in [0.4, 0.5) is 0 Å². The molecule has 0 aliphatic carbocycles. The Bertz CT molecular complexity index is 979. The Kier molecular flexibility index (Phi) is 2.93. The number of ether oxygens (including phenoxy) is 1. The van der Waals surface area contributed by atoms with E-state index in [0.717, 1.165) is 38.9 Å². The summed E-state index contributed by atoms with van der Waals surface area (Å²) in [5.41, 5.74) is 3.81. The molecular formula is C18H14N2O2. The van der Waals surface area contributed by atoms with Crippen molar-refractivity contribution in [3.63, 3.8) is 0 Å². The minimum atomic E-state index is 0.816. The molecule has 1 N–H and O–H groups in total. The van der Waals surface area contributed by atoms with Crippen LogP contribution < -0.4 is 4.74 Å². The van der Waals surface area contributed by atoms with Crippen LogP contribution in [0.15, 0.2) is 53.1 Å². The highest BCUT2D eigenvalue weighted by Crippen LogP contribution is 2.28. The molecule has 0 aliphatic rings. The van der Waals surface area contributed by atoms with E-state index in [4.69, 9.17) is 9.15 Å². The van der Waals surface area contributed by atoms with E-state index in [2.05, 4.69) is 16.3 Å². The molecule has 2 aromatic carbocycles. The maximum Gasteiger partial charge on any atom is 0.133 e. The molecule has 2 heterocycles. The predicted molar refractivity (Wildman–Crippen MR) is 87.8 cm³/mol. The van der Waals surface area contributed by atoms with Gasteiger partial charge in [0, 0.05) is 5.39 Å². The highest BCUT2D eigenvalue weighted by Gasteiger charge is 2.08. The van der Waals surface area contributed by atoms with Gasteiger partial charge in [0.2, 0.25) is 0 Å². The molecule has 0 saturated heterocycles. The monoisotopic (exact) mass is 290 g/mol. The van der Waals surface area contributed by atoms with Crippen LogP contribution in [0.1, 0.15) is 11.3 Å². The third-order valence-electron chi connectivity index (χ3n) is 3.71. The third-order valence-corrected chi connectivity index (χ3v) is 3.71. The molecule has 0 aliphatic heterocycles. The fourth-order valence-corrected chi connectivity index (χ4v) is 2.62. The summed E-state index contributed by atoms with van der Waals surface area (Å²) < 4.78 is 10.8. The van der Waals surface area contributed by atoms with Crippen LogP contribution in [-0.2, 0) is 0 Å². The standard InChI is InChI=1S/C18H14N2O2/c1-21-17-4-2-3-14-18(17)15(20-19-14)7-5-12-6-8-16-13(11-12)9-10-22-16/h2-11H,1H3,(H,19,20)/b7-5+. The average molecular weight is 290 g/mol. The predicted octanol–water partition coefficient (Wildman–Crippen LogP) is 4.49. The lowest BCUT2D eigenvalue weighted by Crippen LogP contribution is -1.84. The Morgan fingerprint density at radius 1 is 1.14 bits per heavy atom. The van der Waals surface area contributed by atoms with E-state index in [0.29, 0.717) is 0 Å². The van der Waals surface area contributed by atoms with Gasteiger partial charge in [-0.15, -0.1) is 0 Å². The van der Waals surface area contributed by atoms with Gasteiger partial charge in [-0.25, -0.2) is 0 Å². The largest absolute Gasteiger partial charge is 0.496 e. The van der Waals surface area contributed by atoms with Crippen molar-refractivity contribution < 1.29 is 9.15 Å². The van der Waals surface area contributed by atoms with E-state index < -0.39 is 0 Å². The van der Waals surface area contributed by atoms with Gasteiger partial charge in [-0.1, -0.05) is 18.2 Å². The van der Waals surface area contributed by atoms with Crippen LogP contribution in [0.25, 0.3) is 34.0 Å². The van der Waals surface area contributed by atoms with Crippen LogP contribution in [0.3, 0.4) is 0 Å². The number of H-pyrrole nitrogens is 1. The van der Waals surface area contributed by atoms with Gasteiger partial charge in [-0.2, -0.15) is 5.10 Å². The SMILES string of the molecule is COc1cccc2[nH]nc(/C=C/c3ccc4occc4c3)c12. The highest BCUT2D eigenvalue weighted by molar-refractivity contribution is 5.94. The van der Waals surface area contributed by atoms with E-state index in [1.807, 2.05) is 48.6 Å². The molecule has 0 unspecified atom stereocenters. The molecule has 0 atom stereocenters. The number of furan rings is 1. The van der Waals surface area contributed by atoms with Crippen molar-refractivity contribution in [2.24, 2.45) is 0 Å². The van der Waals surface area contributed by atoms with Crippen LogP contribution in [-0.4, -0.2) is 17.3 Å². The second kappa shape index (κ2) is 5.07. The Balaban J connectivity index is 1.76. The number of nitrogens with one attached hydrogen (secondary N) is 1. The van der Waals surface area contributed by atoms with Gasteiger partial charge in [0.1, 0.15) is 11.3 Å². The number of aromatic amines is 1. The molecular weight excluding hydrogens is 276 g/mol. The highest BCUT2D eigenvalue weighted by atomic mass is 16.5. The maximum atomic E-state index is 5.42. The average Bonchev–Trinajstić information content (AvgIpc) is 3.18. The zero-order chi connectivity index (χ0) is 14.9. The van der Waals surface area contributed by atoms with Crippen molar-refractivity contribution in [2.75, 3.05) is 7.11 Å². The summed E-state index contributed by atoms with van der Waals surface area (Å²) in [6, 6.07) is 13.9. The molecule has 0 saturated carbocycles. The molecule has 4 nitrogen and oxygen atoms in total. The minimum absolute atomic E-state index is 0.816. The Morgan fingerprint density at radius 3 is 3.00 bits per heavy atom.